The van der Waals surface area contributed by atoms with Crippen molar-refractivity contribution in [3.05, 3.63) is 78.4 Å². The third-order valence-corrected chi connectivity index (χ3v) is 5.85. The highest BCUT2D eigenvalue weighted by Gasteiger charge is 2.27. The molecule has 2 atom stereocenters. The summed E-state index contributed by atoms with van der Waals surface area (Å²) in [5.41, 5.74) is 1.37. The van der Waals surface area contributed by atoms with Crippen molar-refractivity contribution in [3.8, 4) is 0 Å². The number of aliphatic hydroxyl groups is 1. The molecule has 0 heterocycles. The van der Waals surface area contributed by atoms with Crippen LogP contribution in [-0.2, 0) is 32.1 Å². The van der Waals surface area contributed by atoms with E-state index in [1.807, 2.05) is 30.3 Å². The van der Waals surface area contributed by atoms with E-state index in [0.717, 1.165) is 5.56 Å². The van der Waals surface area contributed by atoms with Crippen LogP contribution >= 0.6 is 0 Å². The number of carbonyl (C=O) groups excluding carboxylic acids is 4. The van der Waals surface area contributed by atoms with Gasteiger partial charge >= 0.3 is 12.2 Å². The summed E-state index contributed by atoms with van der Waals surface area (Å²) in [5, 5.41) is 20.1. The molecule has 0 aliphatic carbocycles. The second kappa shape index (κ2) is 17.4. The minimum atomic E-state index is -1.02. The molecule has 0 saturated heterocycles. The Balaban J connectivity index is 2.12. The zero-order valence-electron chi connectivity index (χ0n) is 24.5. The maximum absolute atomic E-state index is 13.4. The van der Waals surface area contributed by atoms with Gasteiger partial charge in [0.2, 0.25) is 11.8 Å². The molecule has 2 aromatic carbocycles. The van der Waals surface area contributed by atoms with E-state index >= 15 is 0 Å². The minimum absolute atomic E-state index is 0.0249. The van der Waals surface area contributed by atoms with Gasteiger partial charge in [-0.05, 0) is 63.3 Å². The van der Waals surface area contributed by atoms with Gasteiger partial charge in [-0.3, -0.25) is 9.59 Å². The molecule has 0 bridgehead atoms. The molecule has 0 spiro atoms. The second-order valence-electron chi connectivity index (χ2n) is 10.6. The Bertz CT molecular complexity index is 1160. The molecule has 2 aromatic rings. The van der Waals surface area contributed by atoms with Gasteiger partial charge < -0.3 is 35.8 Å². The summed E-state index contributed by atoms with van der Waals surface area (Å²) in [7, 11) is 0. The molecule has 0 aliphatic heterocycles. The van der Waals surface area contributed by atoms with Gasteiger partial charge in [0.05, 0.1) is 6.61 Å². The molecule has 2 rings (SSSR count). The van der Waals surface area contributed by atoms with E-state index in [4.69, 9.17) is 9.47 Å². The number of anilines is 1. The highest BCUT2D eigenvalue weighted by Crippen LogP contribution is 2.13. The molecule has 5 N–H and O–H groups in total. The van der Waals surface area contributed by atoms with Gasteiger partial charge in [-0.15, -0.1) is 0 Å². The van der Waals surface area contributed by atoms with Gasteiger partial charge in [0, 0.05) is 18.7 Å². The van der Waals surface area contributed by atoms with Gasteiger partial charge in [-0.2, -0.15) is 0 Å². The van der Waals surface area contributed by atoms with Crippen LogP contribution in [0.1, 0.15) is 51.2 Å². The van der Waals surface area contributed by atoms with E-state index in [9.17, 15) is 24.3 Å². The van der Waals surface area contributed by atoms with Crippen LogP contribution in [-0.4, -0.2) is 59.9 Å². The average Bonchev–Trinajstić information content (AvgIpc) is 2.94. The topological polar surface area (TPSA) is 155 Å². The fourth-order valence-corrected chi connectivity index (χ4v) is 3.82. The summed E-state index contributed by atoms with van der Waals surface area (Å²) in [6.45, 7) is 9.00. The Kier molecular flexibility index (Phi) is 14.0. The molecule has 228 valence electrons. The molecule has 0 fully saturated rings. The number of benzene rings is 2. The van der Waals surface area contributed by atoms with Crippen molar-refractivity contribution in [1.29, 1.82) is 0 Å². The predicted molar refractivity (Wildman–Crippen MR) is 160 cm³/mol. The Morgan fingerprint density at radius 1 is 0.881 bits per heavy atom. The zero-order chi connectivity index (χ0) is 31.0. The number of rotatable bonds is 15. The standard InChI is InChI=1S/C31H42N4O7/c1-5-19-41-30(40)35-26(20-22-11-7-6-8-12-22)28(38)34-25(13-9-10-18-32-29(39)42-31(2,3)4)27(37)33-24-16-14-23(21-36)15-17-24/h5-8,11-12,14-17,25-26,36H,1,9-10,13,18-21H2,2-4H3,(H,32,39)(H,33,37)(H,34,38)(H,35,40)/t25-,26-/m0/s1. The number of aliphatic hydroxyl groups excluding tert-OH is 1. The first kappa shape index (κ1) is 33.8. The molecule has 0 radical (unpaired) electrons. The lowest BCUT2D eigenvalue weighted by Crippen LogP contribution is -2.53. The third-order valence-electron chi connectivity index (χ3n) is 5.85. The fraction of sp³-hybridized carbons (Fsp3) is 0.419. The normalized spacial score (nSPS) is 12.3. The van der Waals surface area contributed by atoms with E-state index in [1.165, 1.54) is 6.08 Å². The highest BCUT2D eigenvalue weighted by atomic mass is 16.6. The van der Waals surface area contributed by atoms with Crippen LogP contribution in [0.3, 0.4) is 0 Å². The van der Waals surface area contributed by atoms with Gasteiger partial charge in [0.15, 0.2) is 0 Å². The van der Waals surface area contributed by atoms with E-state index in [-0.39, 0.29) is 26.1 Å². The molecule has 0 aliphatic rings. The molecular formula is C31H42N4O7. The van der Waals surface area contributed by atoms with Crippen molar-refractivity contribution in [2.75, 3.05) is 18.5 Å². The minimum Gasteiger partial charge on any atom is -0.445 e. The number of amides is 4. The third kappa shape index (κ3) is 13.3. The van der Waals surface area contributed by atoms with Crippen LogP contribution in [0.5, 0.6) is 0 Å². The number of unbranched alkanes of at least 4 members (excludes halogenated alkanes) is 1. The Labute approximate surface area is 247 Å². The van der Waals surface area contributed by atoms with E-state index in [2.05, 4.69) is 27.8 Å². The molecule has 0 aromatic heterocycles. The lowest BCUT2D eigenvalue weighted by Gasteiger charge is -2.23. The van der Waals surface area contributed by atoms with Gasteiger partial charge in [0.1, 0.15) is 24.3 Å². The molecule has 4 amide bonds. The molecule has 42 heavy (non-hydrogen) atoms. The van der Waals surface area contributed by atoms with E-state index < -0.39 is 41.7 Å². The number of carbonyl (C=O) groups is 4. The number of nitrogens with one attached hydrogen (secondary N) is 4. The largest absolute Gasteiger partial charge is 0.445 e. The first-order valence-corrected chi connectivity index (χ1v) is 13.9. The summed E-state index contributed by atoms with van der Waals surface area (Å²) >= 11 is 0. The number of hydrogen-bond donors (Lipinski definition) is 5. The smallest absolute Gasteiger partial charge is 0.408 e. The highest BCUT2D eigenvalue weighted by molar-refractivity contribution is 5.98. The second-order valence-corrected chi connectivity index (χ2v) is 10.6. The monoisotopic (exact) mass is 582 g/mol. The van der Waals surface area contributed by atoms with Crippen molar-refractivity contribution < 1.29 is 33.8 Å². The van der Waals surface area contributed by atoms with Gasteiger partial charge in [-0.1, -0.05) is 55.1 Å². The summed E-state index contributed by atoms with van der Waals surface area (Å²) in [5.74, 6) is -1.01. The zero-order valence-corrected chi connectivity index (χ0v) is 24.5. The number of alkyl carbamates (subject to hydrolysis) is 2. The summed E-state index contributed by atoms with van der Waals surface area (Å²) in [4.78, 5) is 50.9. The van der Waals surface area contributed by atoms with E-state index in [0.29, 0.717) is 30.6 Å². The quantitative estimate of drug-likeness (QED) is 0.158. The first-order valence-electron chi connectivity index (χ1n) is 13.9. The van der Waals surface area contributed by atoms with Gasteiger partial charge in [-0.25, -0.2) is 9.59 Å². The maximum Gasteiger partial charge on any atom is 0.408 e. The molecular weight excluding hydrogens is 540 g/mol. The summed E-state index contributed by atoms with van der Waals surface area (Å²) in [6, 6.07) is 13.9. The van der Waals surface area contributed by atoms with Crippen LogP contribution < -0.4 is 21.3 Å². The van der Waals surface area contributed by atoms with Crippen molar-refractivity contribution >= 4 is 29.7 Å². The van der Waals surface area contributed by atoms with Crippen LogP contribution in [0.25, 0.3) is 0 Å². The average molecular weight is 583 g/mol. The SMILES string of the molecule is C=CCOC(=O)N[C@@H](Cc1ccccc1)C(=O)N[C@@H](CCCCNC(=O)OC(C)(C)C)C(=O)Nc1ccc(CO)cc1. The van der Waals surface area contributed by atoms with Crippen molar-refractivity contribution in [2.24, 2.45) is 0 Å². The van der Waals surface area contributed by atoms with E-state index in [1.54, 1.807) is 45.0 Å². The Morgan fingerprint density at radius 3 is 2.19 bits per heavy atom. The molecule has 11 heteroatoms. The van der Waals surface area contributed by atoms with Crippen LogP contribution in [0.4, 0.5) is 15.3 Å². The van der Waals surface area contributed by atoms with Crippen molar-refractivity contribution in [1.82, 2.24) is 16.0 Å². The summed E-state index contributed by atoms with van der Waals surface area (Å²) < 4.78 is 10.2. The maximum atomic E-state index is 13.4. The van der Waals surface area contributed by atoms with Crippen LogP contribution in [0.2, 0.25) is 0 Å². The first-order chi connectivity index (χ1) is 20.0. The van der Waals surface area contributed by atoms with Crippen LogP contribution in [0.15, 0.2) is 67.3 Å². The Hall–Kier alpha value is -4.38. The predicted octanol–water partition coefficient (Wildman–Crippen LogP) is 3.82. The summed E-state index contributed by atoms with van der Waals surface area (Å²) in [6.07, 6.45) is 1.56. The Morgan fingerprint density at radius 2 is 1.57 bits per heavy atom. The number of ether oxygens (including phenoxy) is 2. The lowest BCUT2D eigenvalue weighted by atomic mass is 10.0. The van der Waals surface area contributed by atoms with Crippen molar-refractivity contribution in [2.45, 2.75) is 70.7 Å². The molecule has 0 unspecified atom stereocenters. The van der Waals surface area contributed by atoms with Gasteiger partial charge in [0.25, 0.3) is 0 Å². The van der Waals surface area contributed by atoms with Crippen molar-refractivity contribution in [3.63, 3.8) is 0 Å². The molecule has 11 nitrogen and oxygen atoms in total. The number of hydrogen-bond acceptors (Lipinski definition) is 7. The van der Waals surface area contributed by atoms with Crippen LogP contribution in [0, 0.1) is 0 Å². The lowest BCUT2D eigenvalue weighted by molar-refractivity contribution is -0.128. The fourth-order valence-electron chi connectivity index (χ4n) is 3.82. The molecule has 0 saturated carbocycles.